The van der Waals surface area contributed by atoms with Gasteiger partial charge in [-0.05, 0) is 72.3 Å². The lowest BCUT2D eigenvalue weighted by Gasteiger charge is -2.30. The van der Waals surface area contributed by atoms with Crippen LogP contribution in [0.3, 0.4) is 0 Å². The van der Waals surface area contributed by atoms with Gasteiger partial charge in [0.05, 0.1) is 29.5 Å². The van der Waals surface area contributed by atoms with Crippen molar-refractivity contribution in [3.05, 3.63) is 88.8 Å². The molecule has 0 aliphatic carbocycles. The number of imide groups is 1. The largest absolute Gasteiger partial charge is 0.484 e. The Hall–Kier alpha value is -4.61. The molecule has 216 valence electrons. The lowest BCUT2D eigenvalue weighted by molar-refractivity contribution is -0.127. The molecule has 3 aromatic rings. The predicted molar refractivity (Wildman–Crippen MR) is 163 cm³/mol. The maximum Gasteiger partial charge on any atom is 0.294 e. The first-order chi connectivity index (χ1) is 20.4. The number of para-hydroxylation sites is 2. The van der Waals surface area contributed by atoms with E-state index in [9.17, 15) is 19.2 Å². The highest BCUT2D eigenvalue weighted by atomic mass is 32.2. The first kappa shape index (κ1) is 28.9. The summed E-state index contributed by atoms with van der Waals surface area (Å²) in [6.45, 7) is 4.01. The van der Waals surface area contributed by atoms with Crippen molar-refractivity contribution < 1.29 is 28.7 Å². The number of anilines is 3. The minimum atomic E-state index is -0.533. The number of rotatable bonds is 9. The molecule has 4 amide bonds. The molecule has 2 aliphatic heterocycles. The van der Waals surface area contributed by atoms with Gasteiger partial charge in [0, 0.05) is 18.8 Å². The van der Waals surface area contributed by atoms with E-state index in [1.54, 1.807) is 42.5 Å². The van der Waals surface area contributed by atoms with Gasteiger partial charge in [0.15, 0.2) is 6.61 Å². The van der Waals surface area contributed by atoms with Crippen LogP contribution < -0.4 is 20.3 Å². The third-order valence-electron chi connectivity index (χ3n) is 6.55. The minimum absolute atomic E-state index is 0.162. The van der Waals surface area contributed by atoms with Crippen LogP contribution in [0.5, 0.6) is 5.75 Å². The molecule has 5 rings (SSSR count). The van der Waals surface area contributed by atoms with Crippen LogP contribution in [-0.4, -0.2) is 67.3 Å². The number of nitrogens with one attached hydrogen (secondary N) is 2. The SMILES string of the molecule is Cc1cccc(NC(=O)COc2ccc(/C=C3/SC(=O)N(CC(=O)Nc4ccccc4N4CCOCC4)C3=O)cc2)c1. The van der Waals surface area contributed by atoms with Crippen molar-refractivity contribution in [2.75, 3.05) is 55.0 Å². The summed E-state index contributed by atoms with van der Waals surface area (Å²) in [5.74, 6) is -0.803. The summed E-state index contributed by atoms with van der Waals surface area (Å²) < 4.78 is 11.0. The van der Waals surface area contributed by atoms with Crippen LogP contribution in [0.4, 0.5) is 21.9 Å². The summed E-state index contributed by atoms with van der Waals surface area (Å²) in [5.41, 5.74) is 3.88. The van der Waals surface area contributed by atoms with Crippen molar-refractivity contribution in [3.8, 4) is 5.75 Å². The molecule has 42 heavy (non-hydrogen) atoms. The molecule has 2 saturated heterocycles. The van der Waals surface area contributed by atoms with Crippen LogP contribution in [0.1, 0.15) is 11.1 Å². The van der Waals surface area contributed by atoms with Crippen LogP contribution in [-0.2, 0) is 19.1 Å². The van der Waals surface area contributed by atoms with Crippen LogP contribution >= 0.6 is 11.8 Å². The van der Waals surface area contributed by atoms with Crippen molar-refractivity contribution in [2.24, 2.45) is 0 Å². The highest BCUT2D eigenvalue weighted by molar-refractivity contribution is 8.18. The molecule has 0 saturated carbocycles. The number of carbonyl (C=O) groups excluding carboxylic acids is 4. The number of amides is 4. The lowest BCUT2D eigenvalue weighted by atomic mass is 10.2. The molecule has 0 bridgehead atoms. The maximum absolute atomic E-state index is 13.0. The molecule has 0 radical (unpaired) electrons. The Kier molecular flexibility index (Phi) is 9.20. The molecule has 2 heterocycles. The number of hydrogen-bond donors (Lipinski definition) is 2. The summed E-state index contributed by atoms with van der Waals surface area (Å²) in [5, 5.41) is 5.12. The number of carbonyl (C=O) groups is 4. The third kappa shape index (κ3) is 7.36. The summed E-state index contributed by atoms with van der Waals surface area (Å²) in [6, 6.07) is 21.7. The van der Waals surface area contributed by atoms with Gasteiger partial charge in [-0.15, -0.1) is 0 Å². The number of nitrogens with zero attached hydrogens (tertiary/aromatic N) is 2. The topological polar surface area (TPSA) is 117 Å². The Bertz CT molecular complexity index is 1520. The molecule has 0 spiro atoms. The molecule has 0 aromatic heterocycles. The van der Waals surface area contributed by atoms with Gasteiger partial charge >= 0.3 is 0 Å². The molecule has 0 atom stereocenters. The smallest absolute Gasteiger partial charge is 0.294 e. The van der Waals surface area contributed by atoms with Gasteiger partial charge in [-0.2, -0.15) is 0 Å². The van der Waals surface area contributed by atoms with E-state index in [4.69, 9.17) is 9.47 Å². The van der Waals surface area contributed by atoms with Crippen molar-refractivity contribution in [3.63, 3.8) is 0 Å². The normalized spacial score (nSPS) is 16.1. The average molecular weight is 587 g/mol. The van der Waals surface area contributed by atoms with Crippen molar-refractivity contribution in [1.82, 2.24) is 4.90 Å². The molecular formula is C31H30N4O6S. The standard InChI is InChI=1S/C31H30N4O6S/c1-21-5-4-6-23(17-21)32-29(37)20-41-24-11-9-22(10-12-24)18-27-30(38)35(31(39)42-27)19-28(36)33-25-7-2-3-8-26(25)34-13-15-40-16-14-34/h2-12,17-18H,13-16,19-20H2,1H3,(H,32,37)(H,33,36)/b27-18+. The predicted octanol–water partition coefficient (Wildman–Crippen LogP) is 4.52. The van der Waals surface area contributed by atoms with E-state index >= 15 is 0 Å². The number of morpholine rings is 1. The van der Waals surface area contributed by atoms with E-state index in [0.717, 1.165) is 27.9 Å². The zero-order chi connectivity index (χ0) is 29.5. The summed E-state index contributed by atoms with van der Waals surface area (Å²) in [4.78, 5) is 53.9. The molecule has 2 fully saturated rings. The fourth-order valence-electron chi connectivity index (χ4n) is 4.51. The van der Waals surface area contributed by atoms with E-state index in [2.05, 4.69) is 15.5 Å². The number of ether oxygens (including phenoxy) is 2. The number of thioether (sulfide) groups is 1. The molecule has 3 aromatic carbocycles. The van der Waals surface area contributed by atoms with Crippen LogP contribution in [0.25, 0.3) is 6.08 Å². The average Bonchev–Trinajstić information content (AvgIpc) is 3.24. The van der Waals surface area contributed by atoms with E-state index in [-0.39, 0.29) is 17.4 Å². The summed E-state index contributed by atoms with van der Waals surface area (Å²) in [7, 11) is 0. The molecule has 0 unspecified atom stereocenters. The zero-order valence-electron chi connectivity index (χ0n) is 23.0. The summed E-state index contributed by atoms with van der Waals surface area (Å²) >= 11 is 0.783. The molecule has 10 nitrogen and oxygen atoms in total. The quantitative estimate of drug-likeness (QED) is 0.352. The van der Waals surface area contributed by atoms with Gasteiger partial charge in [0.25, 0.3) is 17.1 Å². The lowest BCUT2D eigenvalue weighted by Crippen LogP contribution is -2.38. The highest BCUT2D eigenvalue weighted by Crippen LogP contribution is 2.33. The third-order valence-corrected chi connectivity index (χ3v) is 7.46. The van der Waals surface area contributed by atoms with Gasteiger partial charge in [-0.1, -0.05) is 36.4 Å². The number of hydrogen-bond acceptors (Lipinski definition) is 8. The van der Waals surface area contributed by atoms with E-state index < -0.39 is 23.6 Å². The Morgan fingerprint density at radius 3 is 2.48 bits per heavy atom. The summed E-state index contributed by atoms with van der Waals surface area (Å²) in [6.07, 6.45) is 1.59. The second-order valence-electron chi connectivity index (χ2n) is 9.71. The number of aryl methyl sites for hydroxylation is 1. The first-order valence-electron chi connectivity index (χ1n) is 13.4. The van der Waals surface area contributed by atoms with Gasteiger partial charge in [-0.25, -0.2) is 0 Å². The van der Waals surface area contributed by atoms with Crippen molar-refractivity contribution in [2.45, 2.75) is 6.92 Å². The Morgan fingerprint density at radius 2 is 1.71 bits per heavy atom. The molecule has 2 N–H and O–H groups in total. The monoisotopic (exact) mass is 586 g/mol. The maximum atomic E-state index is 13.0. The van der Waals surface area contributed by atoms with E-state index in [0.29, 0.717) is 49.0 Å². The van der Waals surface area contributed by atoms with Gasteiger partial charge < -0.3 is 25.0 Å². The van der Waals surface area contributed by atoms with Crippen LogP contribution in [0, 0.1) is 6.92 Å². The van der Waals surface area contributed by atoms with Crippen molar-refractivity contribution in [1.29, 1.82) is 0 Å². The van der Waals surface area contributed by atoms with Gasteiger partial charge in [-0.3, -0.25) is 24.1 Å². The van der Waals surface area contributed by atoms with Crippen molar-refractivity contribution >= 4 is 57.9 Å². The fraction of sp³-hybridized carbons (Fsp3) is 0.226. The highest BCUT2D eigenvalue weighted by Gasteiger charge is 2.36. The van der Waals surface area contributed by atoms with E-state index in [1.165, 1.54) is 0 Å². The Labute approximate surface area is 247 Å². The molecular weight excluding hydrogens is 556 g/mol. The Morgan fingerprint density at radius 1 is 0.952 bits per heavy atom. The Balaban J connectivity index is 1.15. The molecule has 2 aliphatic rings. The second kappa shape index (κ2) is 13.4. The zero-order valence-corrected chi connectivity index (χ0v) is 23.8. The van der Waals surface area contributed by atoms with Gasteiger partial charge in [0.1, 0.15) is 12.3 Å². The van der Waals surface area contributed by atoms with Gasteiger partial charge in [0.2, 0.25) is 5.91 Å². The van der Waals surface area contributed by atoms with Crippen LogP contribution in [0.2, 0.25) is 0 Å². The van der Waals surface area contributed by atoms with Crippen LogP contribution in [0.15, 0.2) is 77.7 Å². The van der Waals surface area contributed by atoms with E-state index in [1.807, 2.05) is 43.3 Å². The minimum Gasteiger partial charge on any atom is -0.484 e. The fourth-order valence-corrected chi connectivity index (χ4v) is 5.35. The first-order valence-corrected chi connectivity index (χ1v) is 14.2. The molecule has 11 heteroatoms. The second-order valence-corrected chi connectivity index (χ2v) is 10.7. The number of benzene rings is 3.